The lowest BCUT2D eigenvalue weighted by atomic mass is 9.78. The van der Waals surface area contributed by atoms with Crippen molar-refractivity contribution < 1.29 is 9.90 Å². The number of piperidine rings is 1. The minimum absolute atomic E-state index is 0. The number of β-amino-alcohol motifs (C(OH)–C–C–N with tert-alkyl or cyclic N) is 1. The van der Waals surface area contributed by atoms with E-state index in [9.17, 15) is 9.90 Å². The summed E-state index contributed by atoms with van der Waals surface area (Å²) in [6.07, 6.45) is 4.16. The van der Waals surface area contributed by atoms with Crippen molar-refractivity contribution in [2.45, 2.75) is 49.3 Å². The highest BCUT2D eigenvalue weighted by Gasteiger charge is 2.53. The van der Waals surface area contributed by atoms with Gasteiger partial charge in [-0.3, -0.25) is 9.69 Å². The van der Waals surface area contributed by atoms with E-state index in [0.717, 1.165) is 50.9 Å². The molecular weight excluding hydrogens is 373 g/mol. The van der Waals surface area contributed by atoms with Crippen LogP contribution in [0.25, 0.3) is 0 Å². The van der Waals surface area contributed by atoms with E-state index in [-0.39, 0.29) is 36.3 Å². The lowest BCUT2D eigenvalue weighted by molar-refractivity contribution is -0.135. The molecule has 3 N–H and O–H groups in total. The Balaban J connectivity index is 0.00000121. The summed E-state index contributed by atoms with van der Waals surface area (Å²) in [4.78, 5) is 15.7. The predicted molar refractivity (Wildman–Crippen MR) is 107 cm³/mol. The molecule has 3 saturated heterocycles. The zero-order valence-electron chi connectivity index (χ0n) is 14.9. The predicted octanol–water partition coefficient (Wildman–Crippen LogP) is 1.82. The lowest BCUT2D eigenvalue weighted by Crippen LogP contribution is -2.65. The van der Waals surface area contributed by atoms with Gasteiger partial charge in [0.25, 0.3) is 0 Å². The minimum Gasteiger partial charge on any atom is -0.389 e. The molecule has 2 atom stereocenters. The lowest BCUT2D eigenvalue weighted by Gasteiger charge is -2.45. The molecule has 4 rings (SSSR count). The van der Waals surface area contributed by atoms with Crippen molar-refractivity contribution in [1.82, 2.24) is 15.5 Å². The Labute approximate surface area is 167 Å². The molecule has 3 aliphatic rings. The molecule has 0 saturated carbocycles. The topological polar surface area (TPSA) is 64.6 Å². The molecule has 0 radical (unpaired) electrons. The Morgan fingerprint density at radius 2 is 1.77 bits per heavy atom. The first kappa shape index (κ1) is 21.5. The van der Waals surface area contributed by atoms with Gasteiger partial charge in [0.15, 0.2) is 0 Å². The van der Waals surface area contributed by atoms with Gasteiger partial charge >= 0.3 is 0 Å². The highest BCUT2D eigenvalue weighted by atomic mass is 35.5. The summed E-state index contributed by atoms with van der Waals surface area (Å²) in [6, 6.07) is 9.98. The number of amides is 1. The van der Waals surface area contributed by atoms with Crippen LogP contribution in [0.15, 0.2) is 30.3 Å². The highest BCUT2D eigenvalue weighted by Crippen LogP contribution is 2.41. The number of aliphatic hydroxyl groups is 1. The molecule has 0 spiro atoms. The molecule has 0 aliphatic carbocycles. The average Bonchev–Trinajstić information content (AvgIpc) is 3.19. The summed E-state index contributed by atoms with van der Waals surface area (Å²) in [6.45, 7) is 3.35. The van der Waals surface area contributed by atoms with Crippen LogP contribution in [0.3, 0.4) is 0 Å². The van der Waals surface area contributed by atoms with Gasteiger partial charge in [0.2, 0.25) is 5.91 Å². The average molecular weight is 402 g/mol. The molecule has 3 heterocycles. The third-order valence-corrected chi connectivity index (χ3v) is 6.29. The van der Waals surface area contributed by atoms with Gasteiger partial charge in [-0.15, -0.1) is 24.8 Å². The molecule has 0 bridgehead atoms. The van der Waals surface area contributed by atoms with Crippen LogP contribution in [0.5, 0.6) is 0 Å². The monoisotopic (exact) mass is 401 g/mol. The van der Waals surface area contributed by atoms with Crippen molar-refractivity contribution in [2.24, 2.45) is 0 Å². The molecule has 1 aromatic rings. The number of nitrogens with one attached hydrogen (secondary N) is 2. The molecule has 5 nitrogen and oxygen atoms in total. The normalized spacial score (nSPS) is 30.0. The third kappa shape index (κ3) is 3.36. The van der Waals surface area contributed by atoms with Gasteiger partial charge in [0.1, 0.15) is 5.54 Å². The summed E-state index contributed by atoms with van der Waals surface area (Å²) in [5, 5.41) is 17.4. The first-order chi connectivity index (χ1) is 11.7. The second-order valence-electron chi connectivity index (χ2n) is 7.49. The second kappa shape index (κ2) is 8.44. The fraction of sp³-hybridized carbons (Fsp3) is 0.632. The van der Waals surface area contributed by atoms with Crippen LogP contribution in [0.1, 0.15) is 37.7 Å². The molecule has 3 aliphatic heterocycles. The van der Waals surface area contributed by atoms with Gasteiger partial charge < -0.3 is 15.7 Å². The van der Waals surface area contributed by atoms with Gasteiger partial charge in [0, 0.05) is 6.54 Å². The quantitative estimate of drug-likeness (QED) is 0.722. The number of carbonyl (C=O) groups excluding carboxylic acids is 1. The molecule has 0 unspecified atom stereocenters. The standard InChI is InChI=1S/C19H27N3O2.2ClH/c23-16-14-20-11-10-19(16,15-6-2-1-3-7-15)21-17(24)18-8-4-12-22(18)13-5-9-18;;/h1-3,6-7,16,20,23H,4-5,8-14H2,(H,21,24);2*1H/t16-,19+;;/m1../s1. The van der Waals surface area contributed by atoms with Crippen molar-refractivity contribution >= 4 is 30.7 Å². The van der Waals surface area contributed by atoms with E-state index >= 15 is 0 Å². The zero-order chi connectivity index (χ0) is 16.6. The number of fused-ring (bicyclic) bond motifs is 1. The van der Waals surface area contributed by atoms with E-state index in [0.29, 0.717) is 13.0 Å². The van der Waals surface area contributed by atoms with E-state index in [1.165, 1.54) is 0 Å². The van der Waals surface area contributed by atoms with Crippen molar-refractivity contribution in [3.05, 3.63) is 35.9 Å². The van der Waals surface area contributed by atoms with E-state index < -0.39 is 11.6 Å². The number of hydrogen-bond donors (Lipinski definition) is 3. The van der Waals surface area contributed by atoms with Gasteiger partial charge in [-0.25, -0.2) is 0 Å². The van der Waals surface area contributed by atoms with Crippen LogP contribution in [-0.4, -0.2) is 53.7 Å². The van der Waals surface area contributed by atoms with Crippen LogP contribution in [0.2, 0.25) is 0 Å². The van der Waals surface area contributed by atoms with Crippen LogP contribution < -0.4 is 10.6 Å². The number of carbonyl (C=O) groups is 1. The van der Waals surface area contributed by atoms with Gasteiger partial charge in [-0.1, -0.05) is 30.3 Å². The van der Waals surface area contributed by atoms with E-state index in [4.69, 9.17) is 0 Å². The van der Waals surface area contributed by atoms with Crippen LogP contribution in [-0.2, 0) is 10.3 Å². The molecule has 7 heteroatoms. The fourth-order valence-electron chi connectivity index (χ4n) is 4.95. The summed E-state index contributed by atoms with van der Waals surface area (Å²) >= 11 is 0. The Hall–Kier alpha value is -0.850. The Bertz CT molecular complexity index is 606. The minimum atomic E-state index is -0.685. The van der Waals surface area contributed by atoms with E-state index in [1.807, 2.05) is 30.3 Å². The first-order valence-corrected chi connectivity index (χ1v) is 9.19. The van der Waals surface area contributed by atoms with Crippen molar-refractivity contribution in [1.29, 1.82) is 0 Å². The SMILES string of the molecule is Cl.Cl.O=C(N[C@]1(c2ccccc2)CCNC[C@H]1O)C12CCCN1CCC2. The third-order valence-electron chi connectivity index (χ3n) is 6.29. The number of benzene rings is 1. The molecule has 146 valence electrons. The van der Waals surface area contributed by atoms with Crippen LogP contribution in [0, 0.1) is 0 Å². The molecule has 3 fully saturated rings. The Morgan fingerprint density at radius 1 is 1.12 bits per heavy atom. The number of aliphatic hydroxyl groups excluding tert-OH is 1. The van der Waals surface area contributed by atoms with Crippen LogP contribution in [0.4, 0.5) is 0 Å². The number of hydrogen-bond acceptors (Lipinski definition) is 4. The summed E-state index contributed by atoms with van der Waals surface area (Å²) < 4.78 is 0. The van der Waals surface area contributed by atoms with Gasteiger partial charge in [-0.2, -0.15) is 0 Å². The Kier molecular flexibility index (Phi) is 6.97. The second-order valence-corrected chi connectivity index (χ2v) is 7.49. The fourth-order valence-corrected chi connectivity index (χ4v) is 4.95. The van der Waals surface area contributed by atoms with Crippen molar-refractivity contribution in [3.63, 3.8) is 0 Å². The molecule has 1 amide bonds. The van der Waals surface area contributed by atoms with E-state index in [1.54, 1.807) is 0 Å². The highest BCUT2D eigenvalue weighted by molar-refractivity contribution is 5.88. The molecule has 1 aromatic carbocycles. The van der Waals surface area contributed by atoms with Gasteiger partial charge in [0.05, 0.1) is 11.6 Å². The molecule has 26 heavy (non-hydrogen) atoms. The maximum absolute atomic E-state index is 13.4. The van der Waals surface area contributed by atoms with Gasteiger partial charge in [-0.05, 0) is 57.3 Å². The summed E-state index contributed by atoms with van der Waals surface area (Å²) in [7, 11) is 0. The largest absolute Gasteiger partial charge is 0.389 e. The van der Waals surface area contributed by atoms with E-state index in [2.05, 4.69) is 15.5 Å². The maximum atomic E-state index is 13.4. The molecule has 0 aromatic heterocycles. The number of nitrogens with zero attached hydrogens (tertiary/aromatic N) is 1. The maximum Gasteiger partial charge on any atom is 0.241 e. The van der Waals surface area contributed by atoms with Crippen LogP contribution >= 0.6 is 24.8 Å². The summed E-state index contributed by atoms with van der Waals surface area (Å²) in [5.74, 6) is 0.113. The molecular formula is C19H29Cl2N3O2. The smallest absolute Gasteiger partial charge is 0.241 e. The van der Waals surface area contributed by atoms with Crippen molar-refractivity contribution in [3.8, 4) is 0 Å². The van der Waals surface area contributed by atoms with Crippen molar-refractivity contribution in [2.75, 3.05) is 26.2 Å². The summed E-state index contributed by atoms with van der Waals surface area (Å²) in [5.41, 5.74) is -0.0204. The first-order valence-electron chi connectivity index (χ1n) is 9.19. The number of rotatable bonds is 3. The number of halogens is 2. The Morgan fingerprint density at radius 3 is 2.38 bits per heavy atom. The zero-order valence-corrected chi connectivity index (χ0v) is 16.6.